The van der Waals surface area contributed by atoms with Gasteiger partial charge in [0.05, 0.1) is 0 Å². The van der Waals surface area contributed by atoms with Gasteiger partial charge in [-0.3, -0.25) is 0 Å². The normalized spacial score (nSPS) is 12.4. The summed E-state index contributed by atoms with van der Waals surface area (Å²) in [5.74, 6) is 0. The zero-order chi connectivity index (χ0) is 11.5. The number of hydrogen-bond acceptors (Lipinski definition) is 1. The molecule has 0 aliphatic heterocycles. The van der Waals surface area contributed by atoms with Crippen LogP contribution in [0.2, 0.25) is 0 Å². The Labute approximate surface area is 111 Å². The average Bonchev–Trinajstić information content (AvgIpc) is 2.29. The van der Waals surface area contributed by atoms with Crippen LogP contribution in [-0.4, -0.2) is 5.11 Å². The molecule has 0 amide bonds. The van der Waals surface area contributed by atoms with Gasteiger partial charge in [-0.15, -0.1) is 0 Å². The molecule has 0 saturated heterocycles. The van der Waals surface area contributed by atoms with Crippen LogP contribution in [0.5, 0.6) is 0 Å². The van der Waals surface area contributed by atoms with E-state index in [1.54, 1.807) is 0 Å². The van der Waals surface area contributed by atoms with Gasteiger partial charge in [0, 0.05) is 8.95 Å². The van der Waals surface area contributed by atoms with E-state index in [0.717, 1.165) is 20.1 Å². The summed E-state index contributed by atoms with van der Waals surface area (Å²) in [7, 11) is 0. The van der Waals surface area contributed by atoms with Gasteiger partial charge < -0.3 is 5.11 Å². The van der Waals surface area contributed by atoms with Gasteiger partial charge in [0.2, 0.25) is 0 Å². The highest BCUT2D eigenvalue weighted by molar-refractivity contribution is 9.11. The number of benzene rings is 2. The minimum atomic E-state index is -0.594. The summed E-state index contributed by atoms with van der Waals surface area (Å²) < 4.78 is 1.89. The van der Waals surface area contributed by atoms with E-state index in [0.29, 0.717) is 0 Å². The molecule has 1 nitrogen and oxygen atoms in total. The first-order valence-electron chi connectivity index (χ1n) is 4.86. The summed E-state index contributed by atoms with van der Waals surface area (Å²) in [6.45, 7) is 0. The molecule has 0 spiro atoms. The lowest BCUT2D eigenvalue weighted by Crippen LogP contribution is -2.00. The van der Waals surface area contributed by atoms with Gasteiger partial charge in [-0.1, -0.05) is 68.3 Å². The number of rotatable bonds is 2. The molecule has 3 heteroatoms. The third kappa shape index (κ3) is 2.54. The van der Waals surface area contributed by atoms with Crippen LogP contribution in [0.25, 0.3) is 0 Å². The Balaban J connectivity index is 2.38. The first-order valence-corrected chi connectivity index (χ1v) is 6.45. The molecule has 0 radical (unpaired) electrons. The topological polar surface area (TPSA) is 20.2 Å². The quantitative estimate of drug-likeness (QED) is 0.863. The molecule has 2 aromatic rings. The lowest BCUT2D eigenvalue weighted by molar-refractivity contribution is 0.219. The molecule has 0 aliphatic rings. The maximum Gasteiger partial charge on any atom is 0.105 e. The van der Waals surface area contributed by atoms with Crippen LogP contribution in [0.1, 0.15) is 17.2 Å². The van der Waals surface area contributed by atoms with Crippen LogP contribution in [0.4, 0.5) is 0 Å². The fraction of sp³-hybridized carbons (Fsp3) is 0.0769. The van der Waals surface area contributed by atoms with E-state index < -0.39 is 6.10 Å². The van der Waals surface area contributed by atoms with Crippen molar-refractivity contribution in [3.63, 3.8) is 0 Å². The average molecular weight is 342 g/mol. The number of halogens is 2. The molecule has 0 aromatic heterocycles. The Morgan fingerprint density at radius 2 is 1.62 bits per heavy atom. The molecule has 0 bridgehead atoms. The van der Waals surface area contributed by atoms with Gasteiger partial charge in [-0.25, -0.2) is 0 Å². The third-order valence-electron chi connectivity index (χ3n) is 2.37. The zero-order valence-electron chi connectivity index (χ0n) is 8.40. The van der Waals surface area contributed by atoms with Crippen molar-refractivity contribution < 1.29 is 5.11 Å². The molecule has 1 N–H and O–H groups in total. The zero-order valence-corrected chi connectivity index (χ0v) is 11.6. The molecule has 0 aliphatic carbocycles. The number of aliphatic hydroxyl groups is 1. The van der Waals surface area contributed by atoms with Gasteiger partial charge in [0.1, 0.15) is 6.10 Å². The largest absolute Gasteiger partial charge is 0.384 e. The van der Waals surface area contributed by atoms with Gasteiger partial charge in [0.15, 0.2) is 0 Å². The fourth-order valence-electron chi connectivity index (χ4n) is 1.54. The van der Waals surface area contributed by atoms with Gasteiger partial charge >= 0.3 is 0 Å². The van der Waals surface area contributed by atoms with E-state index in [2.05, 4.69) is 31.9 Å². The van der Waals surface area contributed by atoms with Crippen molar-refractivity contribution in [2.75, 3.05) is 0 Å². The van der Waals surface area contributed by atoms with E-state index in [9.17, 15) is 5.11 Å². The Bertz CT molecular complexity index is 483. The predicted octanol–water partition coefficient (Wildman–Crippen LogP) is 4.29. The molecule has 1 atom stereocenters. The van der Waals surface area contributed by atoms with Crippen LogP contribution >= 0.6 is 31.9 Å². The summed E-state index contributed by atoms with van der Waals surface area (Å²) in [5.41, 5.74) is 1.76. The maximum atomic E-state index is 10.2. The number of hydrogen-bond donors (Lipinski definition) is 1. The summed E-state index contributed by atoms with van der Waals surface area (Å²) >= 11 is 6.84. The molecule has 82 valence electrons. The molecule has 16 heavy (non-hydrogen) atoms. The summed E-state index contributed by atoms with van der Waals surface area (Å²) in [5, 5.41) is 10.2. The first-order chi connectivity index (χ1) is 7.68. The molecule has 0 heterocycles. The minimum Gasteiger partial charge on any atom is -0.384 e. The summed E-state index contributed by atoms with van der Waals surface area (Å²) in [6.07, 6.45) is -0.594. The Kier molecular flexibility index (Phi) is 3.79. The van der Waals surface area contributed by atoms with Crippen molar-refractivity contribution >= 4 is 31.9 Å². The van der Waals surface area contributed by atoms with Crippen molar-refractivity contribution in [1.82, 2.24) is 0 Å². The maximum absolute atomic E-state index is 10.2. The SMILES string of the molecule is OC(c1ccccc1)c1ccc(Br)cc1Br. The monoisotopic (exact) mass is 340 g/mol. The van der Waals surface area contributed by atoms with Crippen LogP contribution in [0, 0.1) is 0 Å². The second-order valence-corrected chi connectivity index (χ2v) is 5.25. The minimum absolute atomic E-state index is 0.594. The fourth-order valence-corrected chi connectivity index (χ4v) is 2.80. The third-order valence-corrected chi connectivity index (χ3v) is 3.55. The molecular formula is C13H10Br2O. The number of aliphatic hydroxyl groups excluding tert-OH is 1. The van der Waals surface area contributed by atoms with Crippen molar-refractivity contribution in [1.29, 1.82) is 0 Å². The lowest BCUT2D eigenvalue weighted by Gasteiger charge is -2.13. The lowest BCUT2D eigenvalue weighted by atomic mass is 10.0. The Morgan fingerprint density at radius 1 is 0.938 bits per heavy atom. The Morgan fingerprint density at radius 3 is 2.25 bits per heavy atom. The van der Waals surface area contributed by atoms with Crippen molar-refractivity contribution in [3.05, 3.63) is 68.6 Å². The van der Waals surface area contributed by atoms with Crippen molar-refractivity contribution in [3.8, 4) is 0 Å². The van der Waals surface area contributed by atoms with E-state index in [-0.39, 0.29) is 0 Å². The van der Waals surface area contributed by atoms with Crippen LogP contribution in [0.15, 0.2) is 57.5 Å². The van der Waals surface area contributed by atoms with Gasteiger partial charge in [0.25, 0.3) is 0 Å². The second-order valence-electron chi connectivity index (χ2n) is 3.48. The predicted molar refractivity (Wildman–Crippen MR) is 72.3 cm³/mol. The summed E-state index contributed by atoms with van der Waals surface area (Å²) in [4.78, 5) is 0. The van der Waals surface area contributed by atoms with Crippen molar-refractivity contribution in [2.45, 2.75) is 6.10 Å². The van der Waals surface area contributed by atoms with Crippen LogP contribution in [-0.2, 0) is 0 Å². The van der Waals surface area contributed by atoms with Crippen LogP contribution < -0.4 is 0 Å². The standard InChI is InChI=1S/C13H10Br2O/c14-10-6-7-11(12(15)8-10)13(16)9-4-2-1-3-5-9/h1-8,13,16H. The van der Waals surface area contributed by atoms with E-state index in [4.69, 9.17) is 0 Å². The van der Waals surface area contributed by atoms with Crippen LogP contribution in [0.3, 0.4) is 0 Å². The first kappa shape index (κ1) is 11.8. The van der Waals surface area contributed by atoms with Crippen molar-refractivity contribution in [2.24, 2.45) is 0 Å². The molecule has 0 saturated carbocycles. The highest BCUT2D eigenvalue weighted by Gasteiger charge is 2.13. The Hall–Kier alpha value is -0.640. The molecular weight excluding hydrogens is 332 g/mol. The van der Waals surface area contributed by atoms with Gasteiger partial charge in [-0.05, 0) is 23.3 Å². The molecule has 0 fully saturated rings. The molecule has 1 unspecified atom stereocenters. The van der Waals surface area contributed by atoms with E-state index in [1.165, 1.54) is 0 Å². The highest BCUT2D eigenvalue weighted by Crippen LogP contribution is 2.30. The molecule has 2 rings (SSSR count). The van der Waals surface area contributed by atoms with E-state index in [1.807, 2.05) is 48.5 Å². The van der Waals surface area contributed by atoms with Gasteiger partial charge in [-0.2, -0.15) is 0 Å². The smallest absolute Gasteiger partial charge is 0.105 e. The summed E-state index contributed by atoms with van der Waals surface area (Å²) in [6, 6.07) is 15.4. The second kappa shape index (κ2) is 5.13. The molecule has 2 aromatic carbocycles. The van der Waals surface area contributed by atoms with E-state index >= 15 is 0 Å². The highest BCUT2D eigenvalue weighted by atomic mass is 79.9.